The van der Waals surface area contributed by atoms with E-state index in [1.54, 1.807) is 18.2 Å². The van der Waals surface area contributed by atoms with Crippen molar-refractivity contribution in [2.45, 2.75) is 32.6 Å². The van der Waals surface area contributed by atoms with Crippen molar-refractivity contribution in [1.82, 2.24) is 4.57 Å². The molecule has 0 aliphatic heterocycles. The maximum Gasteiger partial charge on any atom is 0.303 e. The number of carboxylic acid groups (broad SMARTS) is 1. The first-order chi connectivity index (χ1) is 21.0. The van der Waals surface area contributed by atoms with Crippen molar-refractivity contribution in [2.75, 3.05) is 11.9 Å². The van der Waals surface area contributed by atoms with Gasteiger partial charge in [-0.3, -0.25) is 9.59 Å². The standard InChI is InChI=1S/C37H34N2O4/c1-25(23-35(40)38-32-13-6-7-14-34(32)43-22-8-15-36(41)42)28-18-19-33-29(24-28)20-21-39(33)37-30-11-4-2-9-26(30)16-17-27-10-3-5-12-31(27)37/h2-7,9-14,18-21,23-24,26H,8,15-17,22H2,1H3,(H,38,40)(H,41,42). The SMILES string of the molecule is CC(=CC(=O)Nc1ccccc1OCCCC(=O)O)c1ccc2c(ccn2C2=C3C=CC=CC3CCc3ccccc32)c1. The number of allylic oxidation sites excluding steroid dienone is 6. The molecule has 0 fully saturated rings. The van der Waals surface area contributed by atoms with Crippen molar-refractivity contribution in [3.63, 3.8) is 0 Å². The maximum absolute atomic E-state index is 13.0. The summed E-state index contributed by atoms with van der Waals surface area (Å²) in [4.78, 5) is 23.8. The average Bonchev–Trinajstić information content (AvgIpc) is 3.35. The summed E-state index contributed by atoms with van der Waals surface area (Å²) in [5.41, 5.74) is 8.70. The third kappa shape index (κ3) is 6.09. The number of carbonyl (C=O) groups is 2. The molecule has 1 aromatic heterocycles. The number of anilines is 1. The Balaban J connectivity index is 1.25. The number of hydrogen-bond acceptors (Lipinski definition) is 3. The number of carbonyl (C=O) groups excluding carboxylic acids is 1. The molecule has 1 amide bonds. The highest BCUT2D eigenvalue weighted by atomic mass is 16.5. The Kier molecular flexibility index (Phi) is 8.09. The molecule has 2 aliphatic rings. The van der Waals surface area contributed by atoms with Crippen molar-refractivity contribution >= 4 is 39.7 Å². The molecule has 3 aromatic carbocycles. The van der Waals surface area contributed by atoms with E-state index < -0.39 is 5.97 Å². The Bertz CT molecular complexity index is 1820. The van der Waals surface area contributed by atoms with Crippen molar-refractivity contribution in [2.24, 2.45) is 5.92 Å². The Morgan fingerprint density at radius 2 is 1.88 bits per heavy atom. The van der Waals surface area contributed by atoms with Gasteiger partial charge in [0.15, 0.2) is 0 Å². The van der Waals surface area contributed by atoms with Gasteiger partial charge in [0.1, 0.15) is 5.75 Å². The summed E-state index contributed by atoms with van der Waals surface area (Å²) in [6.07, 6.45) is 15.2. The van der Waals surface area contributed by atoms with Crippen LogP contribution in [0.3, 0.4) is 0 Å². The van der Waals surface area contributed by atoms with E-state index in [-0.39, 0.29) is 18.9 Å². The highest BCUT2D eigenvalue weighted by Gasteiger charge is 2.25. The molecule has 0 bridgehead atoms. The Morgan fingerprint density at radius 1 is 1.05 bits per heavy atom. The first-order valence-corrected chi connectivity index (χ1v) is 14.7. The second kappa shape index (κ2) is 12.4. The van der Waals surface area contributed by atoms with Gasteiger partial charge in [-0.1, -0.05) is 66.8 Å². The molecule has 0 radical (unpaired) electrons. The number of para-hydroxylation sites is 2. The molecule has 216 valence electrons. The van der Waals surface area contributed by atoms with Gasteiger partial charge in [0.2, 0.25) is 5.91 Å². The highest BCUT2D eigenvalue weighted by Crippen LogP contribution is 2.39. The molecule has 1 unspecified atom stereocenters. The zero-order valence-corrected chi connectivity index (χ0v) is 24.1. The summed E-state index contributed by atoms with van der Waals surface area (Å²) in [5.74, 6) is -0.230. The van der Waals surface area contributed by atoms with Crippen molar-refractivity contribution < 1.29 is 19.4 Å². The highest BCUT2D eigenvalue weighted by molar-refractivity contribution is 6.05. The number of fused-ring (bicyclic) bond motifs is 3. The summed E-state index contributed by atoms with van der Waals surface area (Å²) < 4.78 is 8.04. The van der Waals surface area contributed by atoms with Crippen LogP contribution in [0.5, 0.6) is 5.75 Å². The zero-order chi connectivity index (χ0) is 29.8. The van der Waals surface area contributed by atoms with Crippen molar-refractivity contribution in [3.8, 4) is 5.75 Å². The number of hydrogen-bond donors (Lipinski definition) is 2. The number of nitrogens with one attached hydrogen (secondary N) is 1. The summed E-state index contributed by atoms with van der Waals surface area (Å²) in [5, 5.41) is 12.9. The first kappa shape index (κ1) is 28.0. The molecule has 6 nitrogen and oxygen atoms in total. The number of carboxylic acids is 1. The van der Waals surface area contributed by atoms with Gasteiger partial charge in [-0.15, -0.1) is 0 Å². The van der Waals surface area contributed by atoms with Crippen LogP contribution >= 0.6 is 0 Å². The maximum atomic E-state index is 13.0. The zero-order valence-electron chi connectivity index (χ0n) is 24.1. The Hall–Kier alpha value is -5.10. The molecule has 2 aliphatic carbocycles. The molecule has 6 heteroatoms. The van der Waals surface area contributed by atoms with Gasteiger partial charge in [-0.25, -0.2) is 0 Å². The minimum absolute atomic E-state index is 0.0329. The van der Waals surface area contributed by atoms with Crippen LogP contribution in [0.4, 0.5) is 5.69 Å². The molecular weight excluding hydrogens is 536 g/mol. The monoisotopic (exact) mass is 570 g/mol. The average molecular weight is 571 g/mol. The van der Waals surface area contributed by atoms with E-state index >= 15 is 0 Å². The number of aliphatic carboxylic acids is 1. The lowest BCUT2D eigenvalue weighted by Gasteiger charge is -2.20. The van der Waals surface area contributed by atoms with E-state index in [1.165, 1.54) is 22.4 Å². The number of rotatable bonds is 9. The first-order valence-electron chi connectivity index (χ1n) is 14.7. The lowest BCUT2D eigenvalue weighted by atomic mass is 9.90. The van der Waals surface area contributed by atoms with E-state index in [2.05, 4.69) is 88.9 Å². The van der Waals surface area contributed by atoms with Crippen LogP contribution in [-0.2, 0) is 16.0 Å². The normalized spacial score (nSPS) is 16.0. The summed E-state index contributed by atoms with van der Waals surface area (Å²) in [7, 11) is 0. The molecule has 0 spiro atoms. The number of amides is 1. The predicted molar refractivity (Wildman–Crippen MR) is 172 cm³/mol. The van der Waals surface area contributed by atoms with Crippen LogP contribution in [0, 0.1) is 5.92 Å². The minimum atomic E-state index is -0.861. The fourth-order valence-electron chi connectivity index (χ4n) is 5.93. The molecule has 4 aromatic rings. The van der Waals surface area contributed by atoms with Gasteiger partial charge in [0.05, 0.1) is 23.5 Å². The third-order valence-electron chi connectivity index (χ3n) is 8.07. The number of benzene rings is 3. The number of ether oxygens (including phenoxy) is 1. The van der Waals surface area contributed by atoms with E-state index in [0.717, 1.165) is 34.9 Å². The minimum Gasteiger partial charge on any atom is -0.491 e. The molecule has 1 atom stereocenters. The third-order valence-corrected chi connectivity index (χ3v) is 8.07. The van der Waals surface area contributed by atoms with Crippen molar-refractivity contribution in [1.29, 1.82) is 0 Å². The summed E-state index contributed by atoms with van der Waals surface area (Å²) in [6, 6.07) is 24.4. The fraction of sp³-hybridized carbons (Fsp3) is 0.189. The smallest absolute Gasteiger partial charge is 0.303 e. The van der Waals surface area contributed by atoms with Gasteiger partial charge in [-0.05, 0) is 78.8 Å². The second-order valence-corrected chi connectivity index (χ2v) is 11.0. The van der Waals surface area contributed by atoms with E-state index in [9.17, 15) is 9.59 Å². The lowest BCUT2D eigenvalue weighted by Crippen LogP contribution is -2.11. The van der Waals surface area contributed by atoms with E-state index in [1.807, 2.05) is 19.1 Å². The quantitative estimate of drug-likeness (QED) is 0.158. The van der Waals surface area contributed by atoms with Crippen LogP contribution in [0.25, 0.3) is 22.2 Å². The molecule has 2 N–H and O–H groups in total. The number of aryl methyl sites for hydroxylation is 1. The molecule has 0 saturated heterocycles. The molecule has 6 rings (SSSR count). The number of nitrogens with zero attached hydrogens (tertiary/aromatic N) is 1. The largest absolute Gasteiger partial charge is 0.491 e. The van der Waals surface area contributed by atoms with Crippen LogP contribution in [-0.4, -0.2) is 28.2 Å². The van der Waals surface area contributed by atoms with Gasteiger partial charge in [0, 0.05) is 35.6 Å². The topological polar surface area (TPSA) is 80.6 Å². The molecule has 43 heavy (non-hydrogen) atoms. The molecule has 0 saturated carbocycles. The lowest BCUT2D eigenvalue weighted by molar-refractivity contribution is -0.137. The van der Waals surface area contributed by atoms with E-state index in [0.29, 0.717) is 23.8 Å². The number of aromatic nitrogens is 1. The van der Waals surface area contributed by atoms with Crippen molar-refractivity contribution in [3.05, 3.63) is 132 Å². The fourth-order valence-corrected chi connectivity index (χ4v) is 5.93. The second-order valence-electron chi connectivity index (χ2n) is 11.0. The summed E-state index contributed by atoms with van der Waals surface area (Å²) in [6.45, 7) is 2.19. The Morgan fingerprint density at radius 3 is 2.77 bits per heavy atom. The van der Waals surface area contributed by atoms with Crippen LogP contribution < -0.4 is 10.1 Å². The van der Waals surface area contributed by atoms with Gasteiger partial charge in [-0.2, -0.15) is 0 Å². The van der Waals surface area contributed by atoms with E-state index in [4.69, 9.17) is 9.84 Å². The van der Waals surface area contributed by atoms with Gasteiger partial charge >= 0.3 is 5.97 Å². The molecule has 1 heterocycles. The van der Waals surface area contributed by atoms with Gasteiger partial charge < -0.3 is 19.7 Å². The van der Waals surface area contributed by atoms with Crippen LogP contribution in [0.2, 0.25) is 0 Å². The predicted octanol–water partition coefficient (Wildman–Crippen LogP) is 7.87. The van der Waals surface area contributed by atoms with Crippen LogP contribution in [0.1, 0.15) is 42.9 Å². The Labute approximate surface area is 251 Å². The summed E-state index contributed by atoms with van der Waals surface area (Å²) >= 11 is 0. The van der Waals surface area contributed by atoms with Gasteiger partial charge in [0.25, 0.3) is 0 Å². The molecular formula is C37H34N2O4. The van der Waals surface area contributed by atoms with Crippen LogP contribution in [0.15, 0.2) is 115 Å².